The number of nitrogens with zero attached hydrogens (tertiary/aromatic N) is 1. The summed E-state index contributed by atoms with van der Waals surface area (Å²) in [6, 6.07) is 0. The molecular weight excluding hydrogens is 320 g/mol. The molecule has 3 N–H and O–H groups in total. The molecule has 0 aliphatic rings. The lowest BCUT2D eigenvalue weighted by Gasteiger charge is -2.22. The van der Waals surface area contributed by atoms with Gasteiger partial charge in [-0.05, 0) is 18.2 Å². The zero-order valence-electron chi connectivity index (χ0n) is 15.5. The van der Waals surface area contributed by atoms with E-state index in [4.69, 9.17) is 0 Å². The highest BCUT2D eigenvalue weighted by Crippen LogP contribution is 1.87. The highest BCUT2D eigenvalue weighted by Gasteiger charge is 2.06. The van der Waals surface area contributed by atoms with Gasteiger partial charge in [-0.2, -0.15) is 0 Å². The summed E-state index contributed by atoms with van der Waals surface area (Å²) in [5.74, 6) is -0.709. The van der Waals surface area contributed by atoms with Gasteiger partial charge in [0.2, 0.25) is 17.7 Å². The topological polar surface area (TPSA) is 90.5 Å². The van der Waals surface area contributed by atoms with Crippen LogP contribution in [0.5, 0.6) is 0 Å². The molecule has 0 bridgehead atoms. The van der Waals surface area contributed by atoms with Gasteiger partial charge in [0.05, 0.1) is 0 Å². The maximum absolute atomic E-state index is 11.1. The lowest BCUT2D eigenvalue weighted by atomic mass is 10.4. The molecule has 25 heavy (non-hydrogen) atoms. The van der Waals surface area contributed by atoms with Crippen molar-refractivity contribution in [3.63, 3.8) is 0 Å². The van der Waals surface area contributed by atoms with Gasteiger partial charge < -0.3 is 16.0 Å². The summed E-state index contributed by atoms with van der Waals surface area (Å²) in [6.45, 7) is 17.5. The average molecular weight is 352 g/mol. The molecule has 0 unspecified atom stereocenters. The Hall–Kier alpha value is -2.41. The molecule has 0 heterocycles. The second-order valence-electron chi connectivity index (χ2n) is 5.03. The van der Waals surface area contributed by atoms with E-state index in [0.717, 1.165) is 0 Å². The molecule has 0 saturated heterocycles. The largest absolute Gasteiger partial charge is 0.351 e. The van der Waals surface area contributed by atoms with E-state index in [1.807, 2.05) is 4.90 Å². The first kappa shape index (κ1) is 24.8. The van der Waals surface area contributed by atoms with E-state index >= 15 is 0 Å². The predicted molar refractivity (Wildman–Crippen MR) is 102 cm³/mol. The molecule has 7 nitrogen and oxygen atoms in total. The fourth-order valence-electron chi connectivity index (χ4n) is 1.56. The Morgan fingerprint density at radius 2 is 0.960 bits per heavy atom. The first-order chi connectivity index (χ1) is 11.9. The number of amides is 3. The second-order valence-corrected chi connectivity index (χ2v) is 5.03. The normalized spacial score (nSPS) is 9.24. The molecule has 0 fully saturated rings. The number of rotatable bonds is 12. The molecule has 0 saturated carbocycles. The zero-order chi connectivity index (χ0) is 19.5. The number of hydrogen-bond donors (Lipinski definition) is 3. The van der Waals surface area contributed by atoms with Crippen molar-refractivity contribution in [3.05, 3.63) is 38.0 Å². The van der Waals surface area contributed by atoms with E-state index in [1.54, 1.807) is 0 Å². The Morgan fingerprint density at radius 3 is 1.16 bits per heavy atom. The highest BCUT2D eigenvalue weighted by molar-refractivity contribution is 5.87. The lowest BCUT2D eigenvalue weighted by molar-refractivity contribution is -0.117. The summed E-state index contributed by atoms with van der Waals surface area (Å²) in [5.41, 5.74) is 0. The molecular formula is C18H32N4O3. The fourth-order valence-corrected chi connectivity index (χ4v) is 1.56. The zero-order valence-corrected chi connectivity index (χ0v) is 15.5. The van der Waals surface area contributed by atoms with Crippen molar-refractivity contribution in [2.75, 3.05) is 39.3 Å². The molecule has 0 atom stereocenters. The van der Waals surface area contributed by atoms with Crippen molar-refractivity contribution in [1.82, 2.24) is 20.9 Å². The monoisotopic (exact) mass is 352 g/mol. The van der Waals surface area contributed by atoms with Gasteiger partial charge in [0.1, 0.15) is 0 Å². The van der Waals surface area contributed by atoms with Crippen LogP contribution in [0.4, 0.5) is 0 Å². The Bertz CT molecular complexity index is 374. The molecule has 3 amide bonds. The molecule has 0 radical (unpaired) electrons. The van der Waals surface area contributed by atoms with Crippen molar-refractivity contribution >= 4 is 17.7 Å². The number of carbonyl (C=O) groups is 3. The van der Waals surface area contributed by atoms with Crippen LogP contribution >= 0.6 is 0 Å². The van der Waals surface area contributed by atoms with Gasteiger partial charge >= 0.3 is 0 Å². The van der Waals surface area contributed by atoms with Gasteiger partial charge in [-0.1, -0.05) is 40.0 Å². The van der Waals surface area contributed by atoms with Gasteiger partial charge in [0.25, 0.3) is 0 Å². The molecule has 0 aliphatic carbocycles. The summed E-state index contributed by atoms with van der Waals surface area (Å²) < 4.78 is 0. The Kier molecular flexibility index (Phi) is 17.8. The molecule has 0 aliphatic heterocycles. The highest BCUT2D eigenvalue weighted by atomic mass is 16.2. The molecule has 0 aromatic carbocycles. The van der Waals surface area contributed by atoms with Crippen LogP contribution in [0.15, 0.2) is 38.0 Å². The summed E-state index contributed by atoms with van der Waals surface area (Å²) in [4.78, 5) is 35.3. The van der Waals surface area contributed by atoms with Crippen molar-refractivity contribution in [3.8, 4) is 0 Å². The number of hydrogen-bond acceptors (Lipinski definition) is 4. The van der Waals surface area contributed by atoms with Crippen LogP contribution in [0.1, 0.15) is 20.3 Å². The van der Waals surface area contributed by atoms with E-state index in [-0.39, 0.29) is 17.7 Å². The van der Waals surface area contributed by atoms with Crippen LogP contribution in [0.3, 0.4) is 0 Å². The molecule has 0 aromatic rings. The van der Waals surface area contributed by atoms with Crippen molar-refractivity contribution < 1.29 is 14.4 Å². The summed E-state index contributed by atoms with van der Waals surface area (Å²) in [5, 5.41) is 8.03. The third-order valence-electron chi connectivity index (χ3n) is 2.74. The van der Waals surface area contributed by atoms with Crippen LogP contribution in [0.25, 0.3) is 0 Å². The van der Waals surface area contributed by atoms with Crippen LogP contribution in [-0.2, 0) is 14.4 Å². The number of nitrogens with one attached hydrogen (secondary N) is 3. The van der Waals surface area contributed by atoms with E-state index in [2.05, 4.69) is 49.5 Å². The second kappa shape index (κ2) is 17.9. The van der Waals surface area contributed by atoms with Gasteiger partial charge in [-0.15, -0.1) is 0 Å². The molecule has 7 heteroatoms. The standard InChI is InChI=1S/C15H24N4O3.C3H8/c1-4-13(20)16-7-10-19(11-8-17-14(21)5-2)12-9-18-15(22)6-3;1-3-2/h4-6H,1-3,7-12H2,(H,16,20)(H,17,21)(H,18,22);3H2,1-2H3. The minimum absolute atomic E-state index is 0.236. The van der Waals surface area contributed by atoms with Gasteiger partial charge in [-0.25, -0.2) is 0 Å². The quantitative estimate of drug-likeness (QED) is 0.449. The molecule has 142 valence electrons. The third-order valence-corrected chi connectivity index (χ3v) is 2.74. The van der Waals surface area contributed by atoms with Crippen LogP contribution in [0, 0.1) is 0 Å². The summed E-state index contributed by atoms with van der Waals surface area (Å²) >= 11 is 0. The Morgan fingerprint density at radius 1 is 0.720 bits per heavy atom. The lowest BCUT2D eigenvalue weighted by Crippen LogP contribution is -2.42. The summed E-state index contributed by atoms with van der Waals surface area (Å²) in [6.07, 6.45) is 4.87. The van der Waals surface area contributed by atoms with Crippen molar-refractivity contribution in [2.45, 2.75) is 20.3 Å². The first-order valence-corrected chi connectivity index (χ1v) is 8.38. The fraction of sp³-hybridized carbons (Fsp3) is 0.500. The molecule has 0 rings (SSSR count). The molecule has 0 aromatic heterocycles. The van der Waals surface area contributed by atoms with Crippen LogP contribution < -0.4 is 16.0 Å². The maximum atomic E-state index is 11.1. The van der Waals surface area contributed by atoms with Gasteiger partial charge in [0.15, 0.2) is 0 Å². The minimum Gasteiger partial charge on any atom is -0.351 e. The van der Waals surface area contributed by atoms with Crippen LogP contribution in [-0.4, -0.2) is 61.9 Å². The predicted octanol–water partition coefficient (Wildman–Crippen LogP) is 0.611. The van der Waals surface area contributed by atoms with Gasteiger partial charge in [-0.3, -0.25) is 19.3 Å². The smallest absolute Gasteiger partial charge is 0.243 e. The molecule has 0 spiro atoms. The maximum Gasteiger partial charge on any atom is 0.243 e. The number of carbonyl (C=O) groups excluding carboxylic acids is 3. The van der Waals surface area contributed by atoms with E-state index in [0.29, 0.717) is 39.3 Å². The first-order valence-electron chi connectivity index (χ1n) is 8.38. The van der Waals surface area contributed by atoms with E-state index in [9.17, 15) is 14.4 Å². The van der Waals surface area contributed by atoms with E-state index < -0.39 is 0 Å². The Balaban J connectivity index is 0. The van der Waals surface area contributed by atoms with Gasteiger partial charge in [0, 0.05) is 39.3 Å². The summed E-state index contributed by atoms with van der Waals surface area (Å²) in [7, 11) is 0. The van der Waals surface area contributed by atoms with Crippen molar-refractivity contribution in [2.24, 2.45) is 0 Å². The minimum atomic E-state index is -0.236. The van der Waals surface area contributed by atoms with Crippen molar-refractivity contribution in [1.29, 1.82) is 0 Å². The Labute approximate surface area is 151 Å². The van der Waals surface area contributed by atoms with Crippen LogP contribution in [0.2, 0.25) is 0 Å². The average Bonchev–Trinajstić information content (AvgIpc) is 2.61. The third kappa shape index (κ3) is 17.8. The SMILES string of the molecule is C=CC(=O)NCCN(CCNC(=O)C=C)CCNC(=O)C=C.CCC. The van der Waals surface area contributed by atoms with E-state index in [1.165, 1.54) is 24.6 Å².